The van der Waals surface area contributed by atoms with Crippen molar-refractivity contribution in [2.24, 2.45) is 5.41 Å². The molecule has 13 heavy (non-hydrogen) atoms. The zero-order valence-electron chi connectivity index (χ0n) is 8.52. The predicted octanol–water partition coefficient (Wildman–Crippen LogP) is 3.27. The topological polar surface area (TPSA) is 0 Å². The molecule has 0 heteroatoms. The van der Waals surface area contributed by atoms with Crippen molar-refractivity contribution in [2.45, 2.75) is 20.8 Å². The monoisotopic (exact) mass is 171 g/mol. The molecule has 0 amide bonds. The van der Waals surface area contributed by atoms with E-state index in [1.54, 1.807) is 0 Å². The van der Waals surface area contributed by atoms with E-state index in [2.05, 4.69) is 39.5 Å². The molecule has 0 fully saturated rings. The molecule has 0 aliphatic heterocycles. The zero-order chi connectivity index (χ0) is 9.90. The summed E-state index contributed by atoms with van der Waals surface area (Å²) in [7, 11) is 0. The van der Waals surface area contributed by atoms with Crippen LogP contribution in [0.5, 0.6) is 0 Å². The molecule has 1 aromatic carbocycles. The van der Waals surface area contributed by atoms with Crippen molar-refractivity contribution < 1.29 is 0 Å². The second kappa shape index (κ2) is 3.66. The lowest BCUT2D eigenvalue weighted by molar-refractivity contribution is 0.571. The van der Waals surface area contributed by atoms with Crippen molar-refractivity contribution >= 4 is 0 Å². The minimum atomic E-state index is 0.0578. The smallest absolute Gasteiger partial charge is 0.0277 e. The van der Waals surface area contributed by atoms with E-state index >= 15 is 0 Å². The molecule has 1 rings (SSSR count). The first-order valence-electron chi connectivity index (χ1n) is 4.43. The van der Waals surface area contributed by atoms with Gasteiger partial charge in [-0.3, -0.25) is 0 Å². The van der Waals surface area contributed by atoms with E-state index in [0.29, 0.717) is 0 Å². The Kier molecular flexibility index (Phi) is 2.78. The van der Waals surface area contributed by atoms with Crippen LogP contribution in [0, 0.1) is 24.2 Å². The Morgan fingerprint density at radius 2 is 1.77 bits per heavy atom. The van der Waals surface area contributed by atoms with Crippen LogP contribution in [-0.2, 0) is 0 Å². The Bertz CT molecular complexity index is 342. The molecule has 0 nitrogen and oxygen atoms in total. The van der Waals surface area contributed by atoms with Crippen LogP contribution in [0.4, 0.5) is 0 Å². The summed E-state index contributed by atoms with van der Waals surface area (Å²) in [5.74, 6) is 6.33. The van der Waals surface area contributed by atoms with Gasteiger partial charge < -0.3 is 0 Å². The van der Waals surface area contributed by atoms with Gasteiger partial charge in [0.05, 0.1) is 0 Å². The highest BCUT2D eigenvalue weighted by Crippen LogP contribution is 2.12. The summed E-state index contributed by atoms with van der Waals surface area (Å²) in [6, 6.07) is 7.94. The van der Waals surface area contributed by atoms with Gasteiger partial charge in [-0.25, -0.2) is 0 Å². The maximum atomic E-state index is 3.92. The Labute approximate surface area is 81.0 Å². The molecule has 0 spiro atoms. The molecule has 0 bridgehead atoms. The fourth-order valence-corrected chi connectivity index (χ4v) is 0.897. The third kappa shape index (κ3) is 3.34. The SMILES string of the molecule is [CH2]c1ccccc1C#CC(C)(C)C. The maximum absolute atomic E-state index is 3.92. The third-order valence-corrected chi connectivity index (χ3v) is 1.59. The number of rotatable bonds is 0. The summed E-state index contributed by atoms with van der Waals surface area (Å²) in [4.78, 5) is 0. The molecular weight excluding hydrogens is 156 g/mol. The molecule has 0 saturated carbocycles. The van der Waals surface area contributed by atoms with Gasteiger partial charge in [-0.1, -0.05) is 30.0 Å². The first-order valence-corrected chi connectivity index (χ1v) is 4.43. The predicted molar refractivity (Wildman–Crippen MR) is 57.2 cm³/mol. The standard InChI is InChI=1S/C13H15/c1-11-7-5-6-8-12(11)9-10-13(2,3)4/h5-8H,1H2,2-4H3. The molecule has 0 N–H and O–H groups in total. The van der Waals surface area contributed by atoms with E-state index < -0.39 is 0 Å². The van der Waals surface area contributed by atoms with Gasteiger partial charge in [0.15, 0.2) is 0 Å². The van der Waals surface area contributed by atoms with Crippen molar-refractivity contribution in [2.75, 3.05) is 0 Å². The van der Waals surface area contributed by atoms with Crippen molar-refractivity contribution in [1.82, 2.24) is 0 Å². The Balaban J connectivity index is 2.97. The molecule has 0 saturated heterocycles. The molecule has 1 radical (unpaired) electrons. The van der Waals surface area contributed by atoms with Crippen LogP contribution in [-0.4, -0.2) is 0 Å². The summed E-state index contributed by atoms with van der Waals surface area (Å²) in [5, 5.41) is 0. The van der Waals surface area contributed by atoms with Gasteiger partial charge >= 0.3 is 0 Å². The molecule has 67 valence electrons. The largest absolute Gasteiger partial charge is 0.0919 e. The van der Waals surface area contributed by atoms with E-state index in [1.165, 1.54) is 0 Å². The van der Waals surface area contributed by atoms with Crippen LogP contribution in [0.2, 0.25) is 0 Å². The van der Waals surface area contributed by atoms with Gasteiger partial charge in [0.2, 0.25) is 0 Å². The van der Waals surface area contributed by atoms with Gasteiger partial charge in [0, 0.05) is 11.0 Å². The first-order chi connectivity index (χ1) is 5.99. The van der Waals surface area contributed by atoms with E-state index in [9.17, 15) is 0 Å². The van der Waals surface area contributed by atoms with Gasteiger partial charge in [-0.15, -0.1) is 0 Å². The van der Waals surface area contributed by atoms with E-state index in [1.807, 2.05) is 24.3 Å². The first kappa shape index (κ1) is 9.86. The minimum absolute atomic E-state index is 0.0578. The van der Waals surface area contributed by atoms with E-state index in [0.717, 1.165) is 11.1 Å². The van der Waals surface area contributed by atoms with E-state index in [-0.39, 0.29) is 5.41 Å². The van der Waals surface area contributed by atoms with Gasteiger partial charge in [-0.05, 0) is 39.3 Å². The average molecular weight is 171 g/mol. The lowest BCUT2D eigenvalue weighted by Gasteiger charge is -2.07. The van der Waals surface area contributed by atoms with Crippen LogP contribution in [0.3, 0.4) is 0 Å². The van der Waals surface area contributed by atoms with Crippen molar-refractivity contribution in [1.29, 1.82) is 0 Å². The number of hydrogen-bond acceptors (Lipinski definition) is 0. The highest BCUT2D eigenvalue weighted by atomic mass is 14.1. The van der Waals surface area contributed by atoms with Crippen LogP contribution in [0.15, 0.2) is 24.3 Å². The lowest BCUT2D eigenvalue weighted by atomic mass is 9.97. The molecule has 0 aliphatic rings. The number of hydrogen-bond donors (Lipinski definition) is 0. The van der Waals surface area contributed by atoms with Gasteiger partial charge in [-0.2, -0.15) is 0 Å². The summed E-state index contributed by atoms with van der Waals surface area (Å²) in [6.07, 6.45) is 0. The summed E-state index contributed by atoms with van der Waals surface area (Å²) in [5.41, 5.74) is 2.08. The van der Waals surface area contributed by atoms with Crippen LogP contribution < -0.4 is 0 Å². The fourth-order valence-electron chi connectivity index (χ4n) is 0.897. The van der Waals surface area contributed by atoms with Gasteiger partial charge in [0.25, 0.3) is 0 Å². The Morgan fingerprint density at radius 3 is 2.31 bits per heavy atom. The van der Waals surface area contributed by atoms with Crippen LogP contribution >= 0.6 is 0 Å². The highest BCUT2D eigenvalue weighted by Gasteiger charge is 2.03. The van der Waals surface area contributed by atoms with E-state index in [4.69, 9.17) is 0 Å². The minimum Gasteiger partial charge on any atom is -0.0919 e. The Morgan fingerprint density at radius 1 is 1.15 bits per heavy atom. The number of benzene rings is 1. The third-order valence-electron chi connectivity index (χ3n) is 1.59. The molecule has 0 heterocycles. The molecule has 1 aromatic rings. The van der Waals surface area contributed by atoms with Gasteiger partial charge in [0.1, 0.15) is 0 Å². The lowest BCUT2D eigenvalue weighted by Crippen LogP contribution is -1.99. The summed E-state index contributed by atoms with van der Waals surface area (Å²) >= 11 is 0. The second-order valence-electron chi connectivity index (χ2n) is 4.16. The van der Waals surface area contributed by atoms with Crippen molar-refractivity contribution in [3.63, 3.8) is 0 Å². The molecule has 0 atom stereocenters. The average Bonchev–Trinajstić information content (AvgIpc) is 2.01. The molecule has 0 unspecified atom stereocenters. The molecule has 0 aromatic heterocycles. The summed E-state index contributed by atoms with van der Waals surface area (Å²) in [6.45, 7) is 10.2. The van der Waals surface area contributed by atoms with Crippen LogP contribution in [0.25, 0.3) is 0 Å². The summed E-state index contributed by atoms with van der Waals surface area (Å²) < 4.78 is 0. The van der Waals surface area contributed by atoms with Crippen molar-refractivity contribution in [3.8, 4) is 11.8 Å². The molecule has 0 aliphatic carbocycles. The normalized spacial score (nSPS) is 10.5. The maximum Gasteiger partial charge on any atom is 0.0277 e. The highest BCUT2D eigenvalue weighted by molar-refractivity contribution is 5.43. The Hall–Kier alpha value is -1.22. The quantitative estimate of drug-likeness (QED) is 0.525. The molecular formula is C13H15. The van der Waals surface area contributed by atoms with Crippen molar-refractivity contribution in [3.05, 3.63) is 42.3 Å². The zero-order valence-corrected chi connectivity index (χ0v) is 8.52. The fraction of sp³-hybridized carbons (Fsp3) is 0.308. The van der Waals surface area contributed by atoms with Crippen LogP contribution in [0.1, 0.15) is 31.9 Å². The second-order valence-corrected chi connectivity index (χ2v) is 4.16.